The summed E-state index contributed by atoms with van der Waals surface area (Å²) in [5, 5.41) is 4.31. The normalized spacial score (nSPS) is 10.7. The van der Waals surface area contributed by atoms with Crippen LogP contribution in [-0.4, -0.2) is 20.5 Å². The fourth-order valence-corrected chi connectivity index (χ4v) is 2.91. The minimum absolute atomic E-state index is 0.0259. The Kier molecular flexibility index (Phi) is 4.72. The summed E-state index contributed by atoms with van der Waals surface area (Å²) >= 11 is 5.19. The number of ketones is 1. The van der Waals surface area contributed by atoms with Crippen LogP contribution in [0.1, 0.15) is 10.4 Å². The van der Waals surface area contributed by atoms with E-state index in [0.29, 0.717) is 11.5 Å². The van der Waals surface area contributed by atoms with Crippen molar-refractivity contribution in [1.29, 1.82) is 0 Å². The number of rotatable bonds is 5. The number of nitrogens with zero attached hydrogens (tertiary/aromatic N) is 3. The van der Waals surface area contributed by atoms with Crippen LogP contribution in [0.5, 0.6) is 0 Å². The number of hydrogen-bond donors (Lipinski definition) is 0. The van der Waals surface area contributed by atoms with Crippen LogP contribution in [-0.2, 0) is 6.54 Å². The molecule has 0 bridgehead atoms. The average molecular weight is 373 g/mol. The lowest BCUT2D eigenvalue weighted by Crippen LogP contribution is -2.11. The summed E-state index contributed by atoms with van der Waals surface area (Å²) in [7, 11) is 0. The standard InChI is InChI=1S/C21H15N3O2S/c25-19(17-8-6-16(7-9-17)15-4-2-1-3-5-15)14-24-21(27)26-20(23-24)18-10-12-22-13-11-18/h1-13H,14H2. The molecule has 0 aliphatic heterocycles. The van der Waals surface area contributed by atoms with Crippen LogP contribution in [0.4, 0.5) is 0 Å². The molecule has 0 saturated carbocycles. The van der Waals surface area contributed by atoms with Gasteiger partial charge in [0.25, 0.3) is 4.84 Å². The first-order valence-corrected chi connectivity index (χ1v) is 8.78. The molecule has 6 heteroatoms. The van der Waals surface area contributed by atoms with Crippen molar-refractivity contribution in [3.63, 3.8) is 0 Å². The third-order valence-electron chi connectivity index (χ3n) is 4.14. The molecule has 0 radical (unpaired) electrons. The molecule has 0 unspecified atom stereocenters. The molecule has 27 heavy (non-hydrogen) atoms. The second-order valence-electron chi connectivity index (χ2n) is 5.93. The zero-order chi connectivity index (χ0) is 18.6. The lowest BCUT2D eigenvalue weighted by molar-refractivity contribution is 0.0966. The van der Waals surface area contributed by atoms with Crippen molar-refractivity contribution in [3.05, 3.63) is 89.5 Å². The van der Waals surface area contributed by atoms with Gasteiger partial charge in [0.05, 0.1) is 0 Å². The fourth-order valence-electron chi connectivity index (χ4n) is 2.72. The number of aromatic nitrogens is 3. The third-order valence-corrected chi connectivity index (χ3v) is 4.43. The molecule has 0 spiro atoms. The van der Waals surface area contributed by atoms with Gasteiger partial charge in [-0.05, 0) is 35.5 Å². The van der Waals surface area contributed by atoms with E-state index >= 15 is 0 Å². The first-order chi connectivity index (χ1) is 13.2. The molecule has 4 rings (SSSR count). The van der Waals surface area contributed by atoms with Crippen molar-refractivity contribution >= 4 is 18.0 Å². The molecular weight excluding hydrogens is 358 g/mol. The molecular formula is C21H15N3O2S. The quantitative estimate of drug-likeness (QED) is 0.371. The number of hydrogen-bond acceptors (Lipinski definition) is 5. The van der Waals surface area contributed by atoms with Crippen molar-refractivity contribution in [2.45, 2.75) is 6.54 Å². The lowest BCUT2D eigenvalue weighted by Gasteiger charge is -2.04. The molecule has 0 aliphatic rings. The van der Waals surface area contributed by atoms with Crippen molar-refractivity contribution in [2.75, 3.05) is 0 Å². The van der Waals surface area contributed by atoms with Crippen molar-refractivity contribution < 1.29 is 9.21 Å². The van der Waals surface area contributed by atoms with Crippen molar-refractivity contribution in [1.82, 2.24) is 14.8 Å². The first kappa shape index (κ1) is 17.1. The monoisotopic (exact) mass is 373 g/mol. The van der Waals surface area contributed by atoms with Gasteiger partial charge in [0.2, 0.25) is 5.89 Å². The summed E-state index contributed by atoms with van der Waals surface area (Å²) in [6.07, 6.45) is 3.29. The number of carbonyl (C=O) groups excluding carboxylic acids is 1. The van der Waals surface area contributed by atoms with E-state index < -0.39 is 0 Å². The Morgan fingerprint density at radius 1 is 0.889 bits per heavy atom. The molecule has 4 aromatic rings. The van der Waals surface area contributed by atoms with Gasteiger partial charge in [0, 0.05) is 23.5 Å². The second kappa shape index (κ2) is 7.47. The average Bonchev–Trinajstić information content (AvgIpc) is 3.10. The summed E-state index contributed by atoms with van der Waals surface area (Å²) in [5.74, 6) is 0.287. The molecule has 0 N–H and O–H groups in total. The highest BCUT2D eigenvalue weighted by Crippen LogP contribution is 2.20. The number of pyridine rings is 1. The van der Waals surface area contributed by atoms with Crippen LogP contribution >= 0.6 is 12.2 Å². The largest absolute Gasteiger partial charge is 0.409 e. The van der Waals surface area contributed by atoms with Crippen LogP contribution < -0.4 is 0 Å². The fraction of sp³-hybridized carbons (Fsp3) is 0.0476. The maximum Gasteiger partial charge on any atom is 0.287 e. The molecule has 132 valence electrons. The van der Waals surface area contributed by atoms with Gasteiger partial charge in [0.15, 0.2) is 5.78 Å². The van der Waals surface area contributed by atoms with E-state index in [0.717, 1.165) is 16.7 Å². The Balaban J connectivity index is 1.53. The SMILES string of the molecule is O=C(Cn1nc(-c2ccncc2)oc1=S)c1ccc(-c2ccccc2)cc1. The highest BCUT2D eigenvalue weighted by atomic mass is 32.1. The van der Waals surface area contributed by atoms with Gasteiger partial charge >= 0.3 is 0 Å². The molecule has 0 fully saturated rings. The van der Waals surface area contributed by atoms with E-state index in [1.165, 1.54) is 4.68 Å². The van der Waals surface area contributed by atoms with E-state index in [1.54, 1.807) is 24.5 Å². The molecule has 0 saturated heterocycles. The van der Waals surface area contributed by atoms with E-state index in [4.69, 9.17) is 16.6 Å². The van der Waals surface area contributed by atoms with Crippen LogP contribution in [0.25, 0.3) is 22.6 Å². The number of benzene rings is 2. The first-order valence-electron chi connectivity index (χ1n) is 8.38. The Morgan fingerprint density at radius 3 is 2.26 bits per heavy atom. The third kappa shape index (κ3) is 3.75. The van der Waals surface area contributed by atoms with Crippen molar-refractivity contribution in [3.8, 4) is 22.6 Å². The summed E-state index contributed by atoms with van der Waals surface area (Å²) in [4.78, 5) is 16.7. The van der Waals surface area contributed by atoms with E-state index in [2.05, 4.69) is 10.1 Å². The molecule has 0 aliphatic carbocycles. The van der Waals surface area contributed by atoms with Crippen LogP contribution in [0, 0.1) is 4.84 Å². The van der Waals surface area contributed by atoms with Gasteiger partial charge in [0.1, 0.15) is 6.54 Å². The van der Waals surface area contributed by atoms with Crippen LogP contribution in [0.2, 0.25) is 0 Å². The van der Waals surface area contributed by atoms with Gasteiger partial charge in [-0.3, -0.25) is 9.78 Å². The highest BCUT2D eigenvalue weighted by Gasteiger charge is 2.13. The molecule has 2 aromatic heterocycles. The lowest BCUT2D eigenvalue weighted by atomic mass is 10.0. The summed E-state index contributed by atoms with van der Waals surface area (Å²) in [6.45, 7) is 0.0259. The Labute approximate surface area is 160 Å². The Hall–Kier alpha value is -3.38. The highest BCUT2D eigenvalue weighted by molar-refractivity contribution is 7.71. The topological polar surface area (TPSA) is 60.9 Å². The molecule has 5 nitrogen and oxygen atoms in total. The number of Topliss-reactive ketones (excluding diaryl/α,β-unsaturated/α-hetero) is 1. The summed E-state index contributed by atoms with van der Waals surface area (Å²) < 4.78 is 6.90. The predicted octanol–water partition coefficient (Wildman–Crippen LogP) is 4.82. The van der Waals surface area contributed by atoms with Crippen molar-refractivity contribution in [2.24, 2.45) is 0 Å². The maximum atomic E-state index is 12.6. The maximum absolute atomic E-state index is 12.6. The zero-order valence-corrected chi connectivity index (χ0v) is 15.1. The minimum atomic E-state index is -0.0831. The molecule has 0 amide bonds. The van der Waals surface area contributed by atoms with Gasteiger partial charge < -0.3 is 4.42 Å². The van der Waals surface area contributed by atoms with Crippen LogP contribution in [0.15, 0.2) is 83.5 Å². The summed E-state index contributed by atoms with van der Waals surface area (Å²) in [6, 6.07) is 21.1. The molecule has 2 aromatic carbocycles. The Morgan fingerprint density at radius 2 is 1.56 bits per heavy atom. The van der Waals surface area contributed by atoms with Gasteiger partial charge in [-0.25, -0.2) is 4.68 Å². The Bertz CT molecular complexity index is 1120. The predicted molar refractivity (Wildman–Crippen MR) is 105 cm³/mol. The molecule has 2 heterocycles. The van der Waals surface area contributed by atoms with Crippen LogP contribution in [0.3, 0.4) is 0 Å². The van der Waals surface area contributed by atoms with E-state index in [-0.39, 0.29) is 17.2 Å². The van der Waals surface area contributed by atoms with Gasteiger partial charge in [-0.1, -0.05) is 54.6 Å². The number of carbonyl (C=O) groups is 1. The minimum Gasteiger partial charge on any atom is -0.409 e. The summed E-state index contributed by atoms with van der Waals surface area (Å²) in [5.41, 5.74) is 3.53. The second-order valence-corrected chi connectivity index (χ2v) is 6.28. The zero-order valence-electron chi connectivity index (χ0n) is 14.3. The van der Waals surface area contributed by atoms with E-state index in [1.807, 2.05) is 54.6 Å². The smallest absolute Gasteiger partial charge is 0.287 e. The van der Waals surface area contributed by atoms with E-state index in [9.17, 15) is 4.79 Å². The molecule has 0 atom stereocenters. The van der Waals surface area contributed by atoms with Gasteiger partial charge in [-0.15, -0.1) is 5.10 Å². The van der Waals surface area contributed by atoms with Gasteiger partial charge in [-0.2, -0.15) is 0 Å².